The van der Waals surface area contributed by atoms with Crippen LogP contribution in [-0.4, -0.2) is 36.7 Å². The van der Waals surface area contributed by atoms with Crippen molar-refractivity contribution in [3.63, 3.8) is 0 Å². The van der Waals surface area contributed by atoms with E-state index in [2.05, 4.69) is 30.2 Å². The number of likely N-dealkylation sites (tertiary alicyclic amines) is 1. The first-order valence-corrected chi connectivity index (χ1v) is 8.71. The van der Waals surface area contributed by atoms with Crippen LogP contribution in [0.5, 0.6) is 0 Å². The number of rotatable bonds is 5. The second-order valence-corrected chi connectivity index (χ2v) is 6.31. The van der Waals surface area contributed by atoms with Gasteiger partial charge in [-0.2, -0.15) is 9.97 Å². The molecule has 4 aromatic heterocycles. The molecule has 5 heterocycles. The van der Waals surface area contributed by atoms with Gasteiger partial charge in [0.05, 0.1) is 18.8 Å². The molecule has 5 rings (SSSR count). The van der Waals surface area contributed by atoms with Gasteiger partial charge in [-0.25, -0.2) is 0 Å². The van der Waals surface area contributed by atoms with Crippen LogP contribution in [-0.2, 0) is 6.54 Å². The molecule has 0 N–H and O–H groups in total. The lowest BCUT2D eigenvalue weighted by Gasteiger charge is -2.18. The van der Waals surface area contributed by atoms with E-state index in [0.29, 0.717) is 35.7 Å². The fourth-order valence-electron chi connectivity index (χ4n) is 3.28. The van der Waals surface area contributed by atoms with Crippen LogP contribution >= 0.6 is 0 Å². The number of hydrogen-bond donors (Lipinski definition) is 0. The molecule has 0 saturated carbocycles. The molecular weight excluding hydrogens is 348 g/mol. The second-order valence-electron chi connectivity index (χ2n) is 6.31. The molecule has 4 aromatic rings. The maximum absolute atomic E-state index is 5.53. The first-order chi connectivity index (χ1) is 13.4. The first-order valence-electron chi connectivity index (χ1n) is 8.71. The van der Waals surface area contributed by atoms with E-state index in [4.69, 9.17) is 13.5 Å². The van der Waals surface area contributed by atoms with Gasteiger partial charge in [-0.15, -0.1) is 0 Å². The van der Waals surface area contributed by atoms with Crippen molar-refractivity contribution in [2.45, 2.75) is 25.4 Å². The zero-order valence-electron chi connectivity index (χ0n) is 14.4. The highest BCUT2D eigenvalue weighted by Crippen LogP contribution is 2.33. The summed E-state index contributed by atoms with van der Waals surface area (Å²) in [5.74, 6) is 2.73. The van der Waals surface area contributed by atoms with Crippen LogP contribution in [0.3, 0.4) is 0 Å². The maximum atomic E-state index is 5.53. The Balaban J connectivity index is 1.33. The quantitative estimate of drug-likeness (QED) is 0.528. The Hall–Kier alpha value is -3.33. The Morgan fingerprint density at radius 1 is 1.04 bits per heavy atom. The van der Waals surface area contributed by atoms with Gasteiger partial charge in [0, 0.05) is 18.0 Å². The Morgan fingerprint density at radius 2 is 1.93 bits per heavy atom. The van der Waals surface area contributed by atoms with Crippen molar-refractivity contribution in [1.82, 2.24) is 30.2 Å². The molecule has 1 unspecified atom stereocenters. The van der Waals surface area contributed by atoms with E-state index in [9.17, 15) is 0 Å². The third-order valence-corrected chi connectivity index (χ3v) is 4.58. The minimum absolute atomic E-state index is 0.0343. The normalized spacial score (nSPS) is 17.6. The summed E-state index contributed by atoms with van der Waals surface area (Å²) >= 11 is 0. The molecule has 1 atom stereocenters. The summed E-state index contributed by atoms with van der Waals surface area (Å²) in [4.78, 5) is 15.2. The predicted octanol–water partition coefficient (Wildman–Crippen LogP) is 3.11. The van der Waals surface area contributed by atoms with E-state index in [1.165, 1.54) is 0 Å². The molecule has 1 aliphatic heterocycles. The van der Waals surface area contributed by atoms with Crippen molar-refractivity contribution in [1.29, 1.82) is 0 Å². The lowest BCUT2D eigenvalue weighted by Crippen LogP contribution is -2.23. The molecule has 9 nitrogen and oxygen atoms in total. The molecule has 0 bridgehead atoms. The molecule has 0 radical (unpaired) electrons. The van der Waals surface area contributed by atoms with Crippen LogP contribution in [0.4, 0.5) is 0 Å². The standard InChI is InChI=1S/C18H16N6O3/c1-3-13(18-21-16(22-27-18)12-5-7-19-8-6-12)24(9-1)11-15-20-17(23-26-15)14-4-2-10-25-14/h2,4-8,10,13H,1,3,9,11H2. The monoisotopic (exact) mass is 364 g/mol. The minimum Gasteiger partial charge on any atom is -0.461 e. The molecule has 0 spiro atoms. The zero-order valence-corrected chi connectivity index (χ0v) is 14.4. The van der Waals surface area contributed by atoms with Crippen molar-refractivity contribution < 1.29 is 13.5 Å². The van der Waals surface area contributed by atoms with Crippen LogP contribution in [0, 0.1) is 0 Å². The zero-order chi connectivity index (χ0) is 18.1. The van der Waals surface area contributed by atoms with E-state index in [1.807, 2.05) is 12.1 Å². The molecular formula is C18H16N6O3. The van der Waals surface area contributed by atoms with E-state index in [0.717, 1.165) is 24.9 Å². The topological polar surface area (TPSA) is 107 Å². The van der Waals surface area contributed by atoms with Crippen LogP contribution < -0.4 is 0 Å². The lowest BCUT2D eigenvalue weighted by atomic mass is 10.2. The largest absolute Gasteiger partial charge is 0.461 e. The summed E-state index contributed by atoms with van der Waals surface area (Å²) in [6.45, 7) is 1.42. The van der Waals surface area contributed by atoms with Gasteiger partial charge < -0.3 is 13.5 Å². The molecule has 9 heteroatoms. The van der Waals surface area contributed by atoms with Crippen molar-refractivity contribution in [3.05, 3.63) is 54.7 Å². The van der Waals surface area contributed by atoms with Crippen molar-refractivity contribution in [2.24, 2.45) is 0 Å². The van der Waals surface area contributed by atoms with E-state index < -0.39 is 0 Å². The van der Waals surface area contributed by atoms with E-state index in [1.54, 1.807) is 30.8 Å². The van der Waals surface area contributed by atoms with Crippen LogP contribution in [0.15, 0.2) is 56.4 Å². The number of nitrogens with zero attached hydrogens (tertiary/aromatic N) is 6. The number of aromatic nitrogens is 5. The summed E-state index contributed by atoms with van der Waals surface area (Å²) < 4.78 is 16.2. The van der Waals surface area contributed by atoms with Gasteiger partial charge in [-0.3, -0.25) is 9.88 Å². The Kier molecular flexibility index (Phi) is 3.98. The van der Waals surface area contributed by atoms with Gasteiger partial charge >= 0.3 is 0 Å². The van der Waals surface area contributed by atoms with E-state index >= 15 is 0 Å². The summed E-state index contributed by atoms with van der Waals surface area (Å²) in [6, 6.07) is 7.34. The molecule has 1 saturated heterocycles. The summed E-state index contributed by atoms with van der Waals surface area (Å²) in [5, 5.41) is 8.08. The van der Waals surface area contributed by atoms with Gasteiger partial charge in [0.2, 0.25) is 23.4 Å². The molecule has 1 aliphatic rings. The van der Waals surface area contributed by atoms with E-state index in [-0.39, 0.29) is 6.04 Å². The molecule has 27 heavy (non-hydrogen) atoms. The minimum atomic E-state index is 0.0343. The van der Waals surface area contributed by atoms with Crippen molar-refractivity contribution >= 4 is 0 Å². The lowest BCUT2D eigenvalue weighted by molar-refractivity contribution is 0.179. The highest BCUT2D eigenvalue weighted by Gasteiger charge is 2.32. The van der Waals surface area contributed by atoms with Gasteiger partial charge in [0.15, 0.2) is 5.76 Å². The fraction of sp³-hybridized carbons (Fsp3) is 0.278. The summed E-state index contributed by atoms with van der Waals surface area (Å²) in [5.41, 5.74) is 0.879. The third-order valence-electron chi connectivity index (χ3n) is 4.58. The molecule has 136 valence electrons. The highest BCUT2D eigenvalue weighted by molar-refractivity contribution is 5.52. The molecule has 0 amide bonds. The highest BCUT2D eigenvalue weighted by atomic mass is 16.5. The molecule has 0 aromatic carbocycles. The summed E-state index contributed by atoms with van der Waals surface area (Å²) in [6.07, 6.45) is 6.98. The maximum Gasteiger partial charge on any atom is 0.244 e. The SMILES string of the molecule is c1coc(-c2noc(CN3CCCC3c3nc(-c4ccncc4)no3)n2)c1. The average molecular weight is 364 g/mol. The van der Waals surface area contributed by atoms with Gasteiger partial charge in [0.25, 0.3) is 0 Å². The second kappa shape index (κ2) is 6.76. The molecule has 0 aliphatic carbocycles. The Labute approximate surface area is 154 Å². The summed E-state index contributed by atoms with van der Waals surface area (Å²) in [7, 11) is 0. The number of pyridine rings is 1. The Bertz CT molecular complexity index is 1010. The molecule has 1 fully saturated rings. The first kappa shape index (κ1) is 15.9. The predicted molar refractivity (Wildman–Crippen MR) is 91.9 cm³/mol. The van der Waals surface area contributed by atoms with Crippen LogP contribution in [0.2, 0.25) is 0 Å². The third kappa shape index (κ3) is 3.13. The number of hydrogen-bond acceptors (Lipinski definition) is 9. The van der Waals surface area contributed by atoms with Gasteiger partial charge in [-0.1, -0.05) is 10.3 Å². The van der Waals surface area contributed by atoms with Gasteiger partial charge in [0.1, 0.15) is 0 Å². The fourth-order valence-corrected chi connectivity index (χ4v) is 3.28. The van der Waals surface area contributed by atoms with Crippen LogP contribution in [0.25, 0.3) is 23.0 Å². The Morgan fingerprint density at radius 3 is 2.78 bits per heavy atom. The number of furan rings is 1. The van der Waals surface area contributed by atoms with Gasteiger partial charge in [-0.05, 0) is 43.7 Å². The van der Waals surface area contributed by atoms with Crippen molar-refractivity contribution in [3.8, 4) is 23.0 Å². The smallest absolute Gasteiger partial charge is 0.244 e. The van der Waals surface area contributed by atoms with Crippen LogP contribution in [0.1, 0.15) is 30.7 Å². The average Bonchev–Trinajstić information content (AvgIpc) is 3.48. The van der Waals surface area contributed by atoms with Crippen molar-refractivity contribution in [2.75, 3.05) is 6.54 Å².